The average Bonchev–Trinajstić information content (AvgIpc) is 2.44. The van der Waals surface area contributed by atoms with Crippen molar-refractivity contribution in [3.63, 3.8) is 0 Å². The van der Waals surface area contributed by atoms with Gasteiger partial charge >= 0.3 is 0 Å². The maximum Gasteiger partial charge on any atom is 0.151 e. The first kappa shape index (κ1) is 14.0. The summed E-state index contributed by atoms with van der Waals surface area (Å²) in [5.41, 5.74) is 1.01. The first-order valence-electron chi connectivity index (χ1n) is 6.42. The standard InChI is InChI=1S/C15H19NO2S/c1-3-19(17,18)11-15(16-2)14-9-8-12-6-4-5-7-13(12)10-14/h4-10,15-16H,3,11H2,1-2H3. The lowest BCUT2D eigenvalue weighted by Crippen LogP contribution is -2.26. The molecule has 0 aliphatic carbocycles. The largest absolute Gasteiger partial charge is 0.312 e. The quantitative estimate of drug-likeness (QED) is 0.913. The highest BCUT2D eigenvalue weighted by molar-refractivity contribution is 7.91. The number of hydrogen-bond acceptors (Lipinski definition) is 3. The van der Waals surface area contributed by atoms with Gasteiger partial charge in [0.25, 0.3) is 0 Å². The Morgan fingerprint density at radius 2 is 1.79 bits per heavy atom. The number of hydrogen-bond donors (Lipinski definition) is 1. The van der Waals surface area contributed by atoms with E-state index in [4.69, 9.17) is 0 Å². The van der Waals surface area contributed by atoms with E-state index in [1.165, 1.54) is 5.39 Å². The van der Waals surface area contributed by atoms with Gasteiger partial charge in [0.2, 0.25) is 0 Å². The van der Waals surface area contributed by atoms with Crippen LogP contribution in [0.15, 0.2) is 42.5 Å². The topological polar surface area (TPSA) is 46.2 Å². The summed E-state index contributed by atoms with van der Waals surface area (Å²) in [6.45, 7) is 1.68. The molecule has 0 aromatic heterocycles. The fourth-order valence-electron chi connectivity index (χ4n) is 2.14. The summed E-state index contributed by atoms with van der Waals surface area (Å²) in [5, 5.41) is 5.39. The minimum atomic E-state index is -2.99. The Hall–Kier alpha value is -1.39. The van der Waals surface area contributed by atoms with Crippen molar-refractivity contribution in [2.45, 2.75) is 13.0 Å². The van der Waals surface area contributed by atoms with Crippen molar-refractivity contribution >= 4 is 20.6 Å². The number of rotatable bonds is 5. The zero-order valence-corrected chi connectivity index (χ0v) is 12.1. The van der Waals surface area contributed by atoms with E-state index in [0.717, 1.165) is 10.9 Å². The van der Waals surface area contributed by atoms with Crippen molar-refractivity contribution in [3.8, 4) is 0 Å². The number of sulfone groups is 1. The molecular formula is C15H19NO2S. The van der Waals surface area contributed by atoms with Crippen LogP contribution in [-0.4, -0.2) is 27.0 Å². The third-order valence-electron chi connectivity index (χ3n) is 3.38. The van der Waals surface area contributed by atoms with Crippen LogP contribution in [0.5, 0.6) is 0 Å². The fraction of sp³-hybridized carbons (Fsp3) is 0.333. The molecule has 0 radical (unpaired) electrons. The maximum absolute atomic E-state index is 11.8. The second-order valence-electron chi connectivity index (χ2n) is 4.65. The molecule has 1 unspecified atom stereocenters. The molecule has 3 nitrogen and oxygen atoms in total. The van der Waals surface area contributed by atoms with Crippen LogP contribution in [0.1, 0.15) is 18.5 Å². The Bertz CT molecular complexity index is 665. The summed E-state index contributed by atoms with van der Waals surface area (Å²) in [6, 6.07) is 14.0. The molecule has 19 heavy (non-hydrogen) atoms. The monoisotopic (exact) mass is 277 g/mol. The van der Waals surface area contributed by atoms with Crippen molar-refractivity contribution in [1.82, 2.24) is 5.32 Å². The van der Waals surface area contributed by atoms with Crippen LogP contribution in [0.3, 0.4) is 0 Å². The lowest BCUT2D eigenvalue weighted by Gasteiger charge is -2.17. The predicted molar refractivity (Wildman–Crippen MR) is 80.1 cm³/mol. The van der Waals surface area contributed by atoms with E-state index in [-0.39, 0.29) is 17.5 Å². The van der Waals surface area contributed by atoms with E-state index in [1.54, 1.807) is 14.0 Å². The Kier molecular flexibility index (Phi) is 4.22. The molecule has 0 aliphatic rings. The Morgan fingerprint density at radius 3 is 2.42 bits per heavy atom. The lowest BCUT2D eigenvalue weighted by atomic mass is 10.0. The highest BCUT2D eigenvalue weighted by atomic mass is 32.2. The first-order valence-corrected chi connectivity index (χ1v) is 8.24. The summed E-state index contributed by atoms with van der Waals surface area (Å²) < 4.78 is 23.5. The molecule has 0 heterocycles. The number of nitrogens with one attached hydrogen (secondary N) is 1. The minimum absolute atomic E-state index is 0.137. The van der Waals surface area contributed by atoms with Gasteiger partial charge < -0.3 is 5.32 Å². The zero-order chi connectivity index (χ0) is 13.9. The molecule has 1 N–H and O–H groups in total. The third kappa shape index (κ3) is 3.33. The Morgan fingerprint density at radius 1 is 1.11 bits per heavy atom. The summed E-state index contributed by atoms with van der Waals surface area (Å²) in [6.07, 6.45) is 0. The van der Waals surface area contributed by atoms with Gasteiger partial charge in [-0.2, -0.15) is 0 Å². The van der Waals surface area contributed by atoms with Crippen molar-refractivity contribution < 1.29 is 8.42 Å². The molecule has 0 fully saturated rings. The van der Waals surface area contributed by atoms with Gasteiger partial charge in [-0.3, -0.25) is 0 Å². The van der Waals surface area contributed by atoms with Gasteiger partial charge in [0.15, 0.2) is 9.84 Å². The van der Waals surface area contributed by atoms with Crippen molar-refractivity contribution in [2.75, 3.05) is 18.6 Å². The molecule has 2 aromatic carbocycles. The molecule has 2 aromatic rings. The van der Waals surface area contributed by atoms with Gasteiger partial charge in [0, 0.05) is 11.8 Å². The molecule has 102 valence electrons. The molecular weight excluding hydrogens is 258 g/mol. The smallest absolute Gasteiger partial charge is 0.151 e. The first-order chi connectivity index (χ1) is 9.05. The van der Waals surface area contributed by atoms with Gasteiger partial charge in [-0.25, -0.2) is 8.42 Å². The van der Waals surface area contributed by atoms with Gasteiger partial charge in [0.05, 0.1) is 5.75 Å². The van der Waals surface area contributed by atoms with Crippen LogP contribution in [0, 0.1) is 0 Å². The molecule has 4 heteroatoms. The molecule has 1 atom stereocenters. The van der Waals surface area contributed by atoms with Crippen LogP contribution >= 0.6 is 0 Å². The molecule has 2 rings (SSSR count). The van der Waals surface area contributed by atoms with E-state index in [0.29, 0.717) is 0 Å². The molecule has 0 spiro atoms. The minimum Gasteiger partial charge on any atom is -0.312 e. The van der Waals surface area contributed by atoms with Crippen LogP contribution in [0.2, 0.25) is 0 Å². The highest BCUT2D eigenvalue weighted by Crippen LogP contribution is 2.21. The molecule has 0 aliphatic heterocycles. The SMILES string of the molecule is CCS(=O)(=O)CC(NC)c1ccc2ccccc2c1. The number of benzene rings is 2. The van der Waals surface area contributed by atoms with Crippen molar-refractivity contribution in [3.05, 3.63) is 48.0 Å². The highest BCUT2D eigenvalue weighted by Gasteiger charge is 2.18. The fourth-order valence-corrected chi connectivity index (χ4v) is 3.25. The normalized spacial score (nSPS) is 13.6. The van der Waals surface area contributed by atoms with E-state index >= 15 is 0 Å². The van der Waals surface area contributed by atoms with Gasteiger partial charge in [-0.15, -0.1) is 0 Å². The van der Waals surface area contributed by atoms with Gasteiger partial charge in [-0.1, -0.05) is 43.3 Å². The molecule has 0 saturated carbocycles. The second kappa shape index (κ2) is 5.72. The van der Waals surface area contributed by atoms with E-state index in [9.17, 15) is 8.42 Å². The summed E-state index contributed by atoms with van der Waals surface area (Å²) >= 11 is 0. The summed E-state index contributed by atoms with van der Waals surface area (Å²) in [4.78, 5) is 0. The van der Waals surface area contributed by atoms with E-state index in [2.05, 4.69) is 17.4 Å². The molecule has 0 bridgehead atoms. The Labute approximate surface area is 114 Å². The van der Waals surface area contributed by atoms with Crippen molar-refractivity contribution in [2.24, 2.45) is 0 Å². The second-order valence-corrected chi connectivity index (χ2v) is 7.04. The lowest BCUT2D eigenvalue weighted by molar-refractivity contribution is 0.575. The number of fused-ring (bicyclic) bond motifs is 1. The van der Waals surface area contributed by atoms with Crippen molar-refractivity contribution in [1.29, 1.82) is 0 Å². The molecule has 0 saturated heterocycles. The van der Waals surface area contributed by atoms with Crippen LogP contribution < -0.4 is 5.32 Å². The van der Waals surface area contributed by atoms with E-state index < -0.39 is 9.84 Å². The maximum atomic E-state index is 11.8. The van der Waals surface area contributed by atoms with Gasteiger partial charge in [0.1, 0.15) is 0 Å². The Balaban J connectivity index is 2.35. The molecule has 0 amide bonds. The summed E-state index contributed by atoms with van der Waals surface area (Å²) in [5.74, 6) is 0.317. The zero-order valence-electron chi connectivity index (χ0n) is 11.3. The van der Waals surface area contributed by atoms with Gasteiger partial charge in [-0.05, 0) is 29.4 Å². The van der Waals surface area contributed by atoms with Crippen LogP contribution in [0.4, 0.5) is 0 Å². The third-order valence-corrected chi connectivity index (χ3v) is 5.11. The van der Waals surface area contributed by atoms with E-state index in [1.807, 2.05) is 30.3 Å². The summed E-state index contributed by atoms with van der Waals surface area (Å²) in [7, 11) is -1.20. The average molecular weight is 277 g/mol. The predicted octanol–water partition coefficient (Wildman–Crippen LogP) is 2.54. The van der Waals surface area contributed by atoms with Crippen LogP contribution in [0.25, 0.3) is 10.8 Å². The van der Waals surface area contributed by atoms with Crippen LogP contribution in [-0.2, 0) is 9.84 Å².